The largest absolute Gasteiger partial charge is 0.321 e. The smallest absolute Gasteiger partial charge is 0.300 e. The van der Waals surface area contributed by atoms with Crippen LogP contribution >= 0.6 is 0 Å². The lowest BCUT2D eigenvalue weighted by Crippen LogP contribution is -2.08. The fourth-order valence-electron chi connectivity index (χ4n) is 1.92. The van der Waals surface area contributed by atoms with Gasteiger partial charge in [-0.25, -0.2) is 0 Å². The van der Waals surface area contributed by atoms with Crippen molar-refractivity contribution in [2.75, 3.05) is 5.32 Å². The van der Waals surface area contributed by atoms with Gasteiger partial charge < -0.3 is 5.32 Å². The Bertz CT molecular complexity index is 655. The molecule has 0 aromatic heterocycles. The number of nitro benzene ring substituents is 1. The molecule has 0 bridgehead atoms. The molecule has 1 N–H and O–H groups in total. The lowest BCUT2D eigenvalue weighted by molar-refractivity contribution is -0.382. The number of nitrogens with zero attached hydrogens (tertiary/aromatic N) is 1. The van der Waals surface area contributed by atoms with Gasteiger partial charge in [0.25, 0.3) is 5.69 Å². The van der Waals surface area contributed by atoms with Crippen molar-refractivity contribution in [3.8, 4) is 0 Å². The molecule has 6 heteroatoms. The molecule has 0 aliphatic rings. The highest BCUT2D eigenvalue weighted by Gasteiger charge is 2.18. The molecule has 5 nitrogen and oxygen atoms in total. The SMILES string of the molecule is Bc1ccc2c([N+](=O)[O-])c(NC(C)=O)ccc2c1. The number of rotatable bonds is 2. The van der Waals surface area contributed by atoms with Gasteiger partial charge in [-0.15, -0.1) is 0 Å². The van der Waals surface area contributed by atoms with E-state index >= 15 is 0 Å². The quantitative estimate of drug-likeness (QED) is 0.484. The molecular weight excluding hydrogens is 231 g/mol. The molecule has 0 aliphatic carbocycles. The van der Waals surface area contributed by atoms with Gasteiger partial charge in [-0.3, -0.25) is 14.9 Å². The second-order valence-corrected chi connectivity index (χ2v) is 4.12. The maximum Gasteiger partial charge on any atom is 0.300 e. The fourth-order valence-corrected chi connectivity index (χ4v) is 1.92. The minimum absolute atomic E-state index is 0.0669. The van der Waals surface area contributed by atoms with Gasteiger partial charge in [-0.1, -0.05) is 23.7 Å². The zero-order valence-electron chi connectivity index (χ0n) is 10.1. The number of carbonyl (C=O) groups excluding carboxylic acids is 1. The number of nitrogens with one attached hydrogen (secondary N) is 1. The highest BCUT2D eigenvalue weighted by molar-refractivity contribution is 6.33. The summed E-state index contributed by atoms with van der Waals surface area (Å²) in [6, 6.07) is 8.71. The summed E-state index contributed by atoms with van der Waals surface area (Å²) < 4.78 is 0. The Balaban J connectivity index is 2.74. The van der Waals surface area contributed by atoms with Crippen molar-refractivity contribution in [3.05, 3.63) is 40.4 Å². The van der Waals surface area contributed by atoms with Gasteiger partial charge in [0.15, 0.2) is 0 Å². The number of amides is 1. The maximum atomic E-state index is 11.2. The van der Waals surface area contributed by atoms with Crippen LogP contribution in [0.15, 0.2) is 30.3 Å². The summed E-state index contributed by atoms with van der Waals surface area (Å²) in [5.41, 5.74) is 1.19. The van der Waals surface area contributed by atoms with Crippen LogP contribution in [0.1, 0.15) is 6.92 Å². The molecule has 90 valence electrons. The Morgan fingerprint density at radius 2 is 2.06 bits per heavy atom. The first-order valence-electron chi connectivity index (χ1n) is 5.44. The molecule has 0 atom stereocenters. The molecule has 0 heterocycles. The van der Waals surface area contributed by atoms with Crippen molar-refractivity contribution in [3.63, 3.8) is 0 Å². The normalized spacial score (nSPS) is 10.3. The second-order valence-electron chi connectivity index (χ2n) is 4.12. The average Bonchev–Trinajstić information content (AvgIpc) is 2.27. The van der Waals surface area contributed by atoms with Crippen LogP contribution in [0.25, 0.3) is 10.8 Å². The average molecular weight is 242 g/mol. The molecule has 0 fully saturated rings. The van der Waals surface area contributed by atoms with Crippen molar-refractivity contribution in [1.29, 1.82) is 0 Å². The van der Waals surface area contributed by atoms with Gasteiger partial charge in [0.05, 0.1) is 10.3 Å². The van der Waals surface area contributed by atoms with Crippen molar-refractivity contribution in [1.82, 2.24) is 0 Å². The lowest BCUT2D eigenvalue weighted by atomic mass is 9.93. The van der Waals surface area contributed by atoms with E-state index in [4.69, 9.17) is 0 Å². The van der Waals surface area contributed by atoms with Crippen molar-refractivity contribution in [2.45, 2.75) is 6.92 Å². The second kappa shape index (κ2) is 4.48. The zero-order chi connectivity index (χ0) is 13.3. The van der Waals surface area contributed by atoms with E-state index in [1.807, 2.05) is 20.0 Å². The third kappa shape index (κ3) is 2.18. The Labute approximate surface area is 104 Å². The predicted octanol–water partition coefficient (Wildman–Crippen LogP) is 0.965. The first-order chi connectivity index (χ1) is 8.49. The number of hydrogen-bond acceptors (Lipinski definition) is 3. The minimum Gasteiger partial charge on any atom is -0.321 e. The molecule has 0 unspecified atom stereocenters. The number of carbonyl (C=O) groups is 1. The summed E-state index contributed by atoms with van der Waals surface area (Å²) in [6.07, 6.45) is 0. The molecule has 1 amide bonds. The van der Waals surface area contributed by atoms with Gasteiger partial charge >= 0.3 is 0 Å². The zero-order valence-corrected chi connectivity index (χ0v) is 10.1. The van der Waals surface area contributed by atoms with E-state index in [1.54, 1.807) is 18.2 Å². The molecule has 0 saturated carbocycles. The minimum atomic E-state index is -0.469. The Morgan fingerprint density at radius 1 is 1.33 bits per heavy atom. The van der Waals surface area contributed by atoms with Crippen LogP contribution in [0.4, 0.5) is 11.4 Å². The van der Waals surface area contributed by atoms with Crippen LogP contribution in [-0.2, 0) is 4.79 Å². The van der Waals surface area contributed by atoms with Crippen LogP contribution in [0.3, 0.4) is 0 Å². The van der Waals surface area contributed by atoms with Gasteiger partial charge in [0, 0.05) is 6.92 Å². The van der Waals surface area contributed by atoms with Crippen molar-refractivity contribution < 1.29 is 9.72 Å². The van der Waals surface area contributed by atoms with Crippen LogP contribution in [0.5, 0.6) is 0 Å². The molecule has 0 aliphatic heterocycles. The van der Waals surface area contributed by atoms with Gasteiger partial charge in [-0.05, 0) is 17.5 Å². The summed E-state index contributed by atoms with van der Waals surface area (Å²) in [5.74, 6) is -0.329. The van der Waals surface area contributed by atoms with Crippen LogP contribution in [0.2, 0.25) is 0 Å². The predicted molar refractivity (Wildman–Crippen MR) is 73.1 cm³/mol. The standard InChI is InChI=1S/C12H11BN2O3/c1-7(16)14-11-5-2-8-6-9(13)3-4-10(8)12(11)15(17)18/h2-6H,13H2,1H3,(H,14,16). The molecule has 0 spiro atoms. The van der Waals surface area contributed by atoms with Gasteiger partial charge in [0.2, 0.25) is 5.91 Å². The van der Waals surface area contributed by atoms with Crippen molar-refractivity contribution >= 4 is 41.4 Å². The summed E-state index contributed by atoms with van der Waals surface area (Å²) in [4.78, 5) is 21.7. The maximum absolute atomic E-state index is 11.2. The summed E-state index contributed by atoms with van der Waals surface area (Å²) in [5, 5.41) is 14.9. The molecule has 18 heavy (non-hydrogen) atoms. The van der Waals surface area contributed by atoms with Gasteiger partial charge in [0.1, 0.15) is 13.5 Å². The van der Waals surface area contributed by atoms with E-state index in [0.29, 0.717) is 5.39 Å². The Morgan fingerprint density at radius 3 is 2.67 bits per heavy atom. The third-order valence-corrected chi connectivity index (χ3v) is 2.64. The molecule has 2 aromatic carbocycles. The number of hydrogen-bond donors (Lipinski definition) is 1. The number of nitro groups is 1. The van der Waals surface area contributed by atoms with E-state index in [0.717, 1.165) is 10.8 Å². The summed E-state index contributed by atoms with van der Waals surface area (Å²) in [7, 11) is 1.92. The summed E-state index contributed by atoms with van der Waals surface area (Å²) >= 11 is 0. The fraction of sp³-hybridized carbons (Fsp3) is 0.0833. The highest BCUT2D eigenvalue weighted by atomic mass is 16.6. The van der Waals surface area contributed by atoms with E-state index in [2.05, 4.69) is 5.32 Å². The number of benzene rings is 2. The molecule has 2 rings (SSSR count). The van der Waals surface area contributed by atoms with E-state index in [1.165, 1.54) is 6.92 Å². The molecule has 0 radical (unpaired) electrons. The third-order valence-electron chi connectivity index (χ3n) is 2.64. The first kappa shape index (κ1) is 12.1. The topological polar surface area (TPSA) is 72.2 Å². The first-order valence-corrected chi connectivity index (χ1v) is 5.44. The van der Waals surface area contributed by atoms with E-state index in [9.17, 15) is 14.9 Å². The number of fused-ring (bicyclic) bond motifs is 1. The van der Waals surface area contributed by atoms with Crippen LogP contribution < -0.4 is 10.8 Å². The highest BCUT2D eigenvalue weighted by Crippen LogP contribution is 2.32. The molecule has 2 aromatic rings. The van der Waals surface area contributed by atoms with Crippen LogP contribution in [-0.4, -0.2) is 18.7 Å². The number of anilines is 1. The van der Waals surface area contributed by atoms with Gasteiger partial charge in [-0.2, -0.15) is 0 Å². The summed E-state index contributed by atoms with van der Waals surface area (Å²) in [6.45, 7) is 1.32. The van der Waals surface area contributed by atoms with E-state index < -0.39 is 4.92 Å². The van der Waals surface area contributed by atoms with E-state index in [-0.39, 0.29) is 17.3 Å². The van der Waals surface area contributed by atoms with Crippen molar-refractivity contribution in [2.24, 2.45) is 0 Å². The van der Waals surface area contributed by atoms with Crippen LogP contribution in [0, 0.1) is 10.1 Å². The molecule has 0 saturated heterocycles. The Hall–Kier alpha value is -2.37. The Kier molecular flexibility index (Phi) is 3.01. The lowest BCUT2D eigenvalue weighted by Gasteiger charge is -2.07. The molecular formula is C12H11BN2O3. The monoisotopic (exact) mass is 242 g/mol.